The average molecular weight is 580 g/mol. The standard InChI is InChI=1S/C31H35ClFN5O3/c1-19-18-38(30(40)35(19)5)26-8-7-20(13-25(26)32)23-15-22(33)16-24(28(23)39)21-14-27(29(41-6)34-17-21)36-9-11-37(12-10-36)31(2,3)4/h7-8,13-18,39H,9-12H2,1-6H3. The molecule has 0 radical (unpaired) electrons. The van der Waals surface area contributed by atoms with Gasteiger partial charge in [0.05, 0.1) is 17.8 Å². The van der Waals surface area contributed by atoms with Gasteiger partial charge in [0, 0.05) is 73.5 Å². The molecule has 0 aliphatic carbocycles. The highest BCUT2D eigenvalue weighted by molar-refractivity contribution is 6.32. The maximum absolute atomic E-state index is 15.0. The van der Waals surface area contributed by atoms with Crippen molar-refractivity contribution in [2.75, 3.05) is 38.2 Å². The maximum Gasteiger partial charge on any atom is 0.332 e. The molecule has 0 unspecified atom stereocenters. The number of rotatable bonds is 5. The topological polar surface area (TPSA) is 75.8 Å². The van der Waals surface area contributed by atoms with Crippen LogP contribution < -0.4 is 15.3 Å². The van der Waals surface area contributed by atoms with Gasteiger partial charge in [-0.25, -0.2) is 14.2 Å². The lowest BCUT2D eigenvalue weighted by Gasteiger charge is -2.43. The van der Waals surface area contributed by atoms with E-state index in [0.717, 1.165) is 37.6 Å². The van der Waals surface area contributed by atoms with Gasteiger partial charge in [0.1, 0.15) is 17.3 Å². The number of hydrogen-bond acceptors (Lipinski definition) is 6. The third kappa shape index (κ3) is 5.44. The van der Waals surface area contributed by atoms with Gasteiger partial charge in [-0.15, -0.1) is 0 Å². The smallest absolute Gasteiger partial charge is 0.332 e. The summed E-state index contributed by atoms with van der Waals surface area (Å²) in [6.07, 6.45) is 3.28. The van der Waals surface area contributed by atoms with Gasteiger partial charge in [0.2, 0.25) is 5.88 Å². The Morgan fingerprint density at radius 3 is 2.22 bits per heavy atom. The van der Waals surface area contributed by atoms with E-state index in [1.807, 2.05) is 13.0 Å². The first-order valence-corrected chi connectivity index (χ1v) is 13.9. The predicted molar refractivity (Wildman–Crippen MR) is 161 cm³/mol. The van der Waals surface area contributed by atoms with Crippen LogP contribution in [0.15, 0.2) is 53.6 Å². The van der Waals surface area contributed by atoms with Crippen molar-refractivity contribution in [3.05, 3.63) is 75.8 Å². The van der Waals surface area contributed by atoms with Crippen LogP contribution >= 0.6 is 11.6 Å². The summed E-state index contributed by atoms with van der Waals surface area (Å²) in [6.45, 7) is 11.8. The van der Waals surface area contributed by atoms with E-state index in [1.165, 1.54) is 21.3 Å². The zero-order chi connectivity index (χ0) is 29.6. The van der Waals surface area contributed by atoms with Crippen LogP contribution in [0.3, 0.4) is 0 Å². The fraction of sp³-hybridized carbons (Fsp3) is 0.355. The normalized spacial score (nSPS) is 14.5. The van der Waals surface area contributed by atoms with Crippen LogP contribution in [-0.2, 0) is 7.05 Å². The third-order valence-electron chi connectivity index (χ3n) is 7.84. The molecule has 0 spiro atoms. The van der Waals surface area contributed by atoms with E-state index in [4.69, 9.17) is 16.3 Å². The summed E-state index contributed by atoms with van der Waals surface area (Å²) in [6, 6.07) is 9.47. The van der Waals surface area contributed by atoms with E-state index in [1.54, 1.807) is 44.8 Å². The van der Waals surface area contributed by atoms with Crippen molar-refractivity contribution < 1.29 is 14.2 Å². The van der Waals surface area contributed by atoms with E-state index in [2.05, 4.69) is 35.6 Å². The van der Waals surface area contributed by atoms with Gasteiger partial charge in [-0.2, -0.15) is 0 Å². The Morgan fingerprint density at radius 1 is 1.00 bits per heavy atom. The molecule has 0 amide bonds. The molecule has 1 N–H and O–H groups in total. The summed E-state index contributed by atoms with van der Waals surface area (Å²) in [5, 5.41) is 11.7. The number of phenolic OH excluding ortho intramolecular Hbond substituents is 1. The fourth-order valence-electron chi connectivity index (χ4n) is 5.31. The molecule has 2 aromatic heterocycles. The minimum Gasteiger partial charge on any atom is -0.507 e. The number of hydrogen-bond donors (Lipinski definition) is 1. The van der Waals surface area contributed by atoms with E-state index < -0.39 is 5.82 Å². The number of piperazine rings is 1. The highest BCUT2D eigenvalue weighted by Gasteiger charge is 2.28. The van der Waals surface area contributed by atoms with Crippen molar-refractivity contribution >= 4 is 17.3 Å². The first-order valence-electron chi connectivity index (χ1n) is 13.5. The van der Waals surface area contributed by atoms with E-state index in [9.17, 15) is 9.90 Å². The number of phenols is 1. The second-order valence-electron chi connectivity index (χ2n) is 11.4. The molecule has 10 heteroatoms. The molecule has 2 aromatic carbocycles. The predicted octanol–water partition coefficient (Wildman–Crippen LogP) is 5.64. The summed E-state index contributed by atoms with van der Waals surface area (Å²) < 4.78 is 23.6. The van der Waals surface area contributed by atoms with Crippen molar-refractivity contribution in [2.45, 2.75) is 33.2 Å². The second-order valence-corrected chi connectivity index (χ2v) is 11.8. The lowest BCUT2D eigenvalue weighted by atomic mass is 9.97. The van der Waals surface area contributed by atoms with Crippen molar-refractivity contribution in [1.82, 2.24) is 19.0 Å². The number of aromatic hydroxyl groups is 1. The van der Waals surface area contributed by atoms with E-state index >= 15 is 4.39 Å². The number of methoxy groups -OCH3 is 1. The van der Waals surface area contributed by atoms with Crippen molar-refractivity contribution in [1.29, 1.82) is 0 Å². The van der Waals surface area contributed by atoms with Crippen LogP contribution in [0.25, 0.3) is 27.9 Å². The van der Waals surface area contributed by atoms with Crippen molar-refractivity contribution in [3.8, 4) is 39.6 Å². The molecule has 1 saturated heterocycles. The molecule has 1 fully saturated rings. The number of anilines is 1. The molecule has 41 heavy (non-hydrogen) atoms. The molecule has 0 bridgehead atoms. The van der Waals surface area contributed by atoms with Gasteiger partial charge < -0.3 is 14.7 Å². The molecule has 1 aliphatic heterocycles. The van der Waals surface area contributed by atoms with Crippen LogP contribution in [0.4, 0.5) is 10.1 Å². The van der Waals surface area contributed by atoms with Crippen LogP contribution in [-0.4, -0.2) is 63.0 Å². The van der Waals surface area contributed by atoms with Crippen LogP contribution in [0.5, 0.6) is 11.6 Å². The Bertz CT molecular complexity index is 1670. The van der Waals surface area contributed by atoms with Gasteiger partial charge >= 0.3 is 5.69 Å². The SMILES string of the molecule is COc1ncc(-c2cc(F)cc(-c3ccc(-n4cc(C)n(C)c4=O)c(Cl)c3)c2O)cc1N1CCN(C(C)(C)C)CC1. The zero-order valence-corrected chi connectivity index (χ0v) is 25.0. The largest absolute Gasteiger partial charge is 0.507 e. The summed E-state index contributed by atoms with van der Waals surface area (Å²) in [5.41, 5.74) is 3.58. The monoisotopic (exact) mass is 579 g/mol. The number of nitrogens with zero attached hydrogens (tertiary/aromatic N) is 5. The Labute approximate surface area is 244 Å². The molecule has 4 aromatic rings. The molecule has 3 heterocycles. The molecular formula is C31H35ClFN5O3. The lowest BCUT2D eigenvalue weighted by molar-refractivity contribution is 0.128. The minimum absolute atomic E-state index is 0.0805. The van der Waals surface area contributed by atoms with E-state index in [-0.39, 0.29) is 22.5 Å². The second kappa shape index (κ2) is 10.9. The number of ether oxygens (including phenoxy) is 1. The summed E-state index contributed by atoms with van der Waals surface area (Å²) in [7, 11) is 3.26. The molecule has 5 rings (SSSR count). The fourth-order valence-corrected chi connectivity index (χ4v) is 5.58. The molecule has 216 valence electrons. The van der Waals surface area contributed by atoms with Crippen LogP contribution in [0.1, 0.15) is 26.5 Å². The number of aromatic nitrogens is 3. The average Bonchev–Trinajstić information content (AvgIpc) is 3.20. The van der Waals surface area contributed by atoms with Crippen LogP contribution in [0.2, 0.25) is 5.02 Å². The zero-order valence-electron chi connectivity index (χ0n) is 24.2. The first-order chi connectivity index (χ1) is 19.4. The Morgan fingerprint density at radius 2 is 1.66 bits per heavy atom. The number of halogens is 2. The minimum atomic E-state index is -0.515. The van der Waals surface area contributed by atoms with Crippen LogP contribution in [0, 0.1) is 12.7 Å². The quantitative estimate of drug-likeness (QED) is 0.330. The Balaban J connectivity index is 1.52. The highest BCUT2D eigenvalue weighted by Crippen LogP contribution is 2.42. The van der Waals surface area contributed by atoms with Gasteiger partial charge in [0.25, 0.3) is 0 Å². The molecule has 8 nitrogen and oxygen atoms in total. The number of benzene rings is 2. The van der Waals surface area contributed by atoms with Crippen molar-refractivity contribution in [2.24, 2.45) is 7.05 Å². The number of imidazole rings is 1. The molecule has 0 atom stereocenters. The number of pyridine rings is 1. The third-order valence-corrected chi connectivity index (χ3v) is 8.14. The molecule has 0 saturated carbocycles. The summed E-state index contributed by atoms with van der Waals surface area (Å²) >= 11 is 6.60. The van der Waals surface area contributed by atoms with E-state index in [0.29, 0.717) is 33.3 Å². The summed E-state index contributed by atoms with van der Waals surface area (Å²) in [5.74, 6) is -0.139. The van der Waals surface area contributed by atoms with Gasteiger partial charge in [-0.05, 0) is 63.6 Å². The van der Waals surface area contributed by atoms with Crippen molar-refractivity contribution in [3.63, 3.8) is 0 Å². The summed E-state index contributed by atoms with van der Waals surface area (Å²) in [4.78, 5) is 21.7. The molecule has 1 aliphatic rings. The maximum atomic E-state index is 15.0. The van der Waals surface area contributed by atoms with Gasteiger partial charge in [-0.1, -0.05) is 17.7 Å². The Hall–Kier alpha value is -3.82. The molecular weight excluding hydrogens is 545 g/mol. The lowest BCUT2D eigenvalue weighted by Crippen LogP contribution is -2.53. The highest BCUT2D eigenvalue weighted by atomic mass is 35.5. The number of aryl methyl sites for hydroxylation is 1. The Kier molecular flexibility index (Phi) is 7.61. The van der Waals surface area contributed by atoms with Gasteiger partial charge in [0.15, 0.2) is 0 Å². The first kappa shape index (κ1) is 28.7. The van der Waals surface area contributed by atoms with Gasteiger partial charge in [-0.3, -0.25) is 14.0 Å².